The second-order valence-electron chi connectivity index (χ2n) is 6.60. The van der Waals surface area contributed by atoms with E-state index in [1.165, 1.54) is 6.07 Å². The third-order valence-corrected chi connectivity index (χ3v) is 4.67. The van der Waals surface area contributed by atoms with Gasteiger partial charge in [-0.1, -0.05) is 12.1 Å². The Morgan fingerprint density at radius 1 is 1.38 bits per heavy atom. The molecule has 1 aromatic carbocycles. The van der Waals surface area contributed by atoms with Crippen LogP contribution in [0.2, 0.25) is 0 Å². The molecule has 1 aliphatic rings. The molecule has 0 aliphatic carbocycles. The predicted octanol–water partition coefficient (Wildman–Crippen LogP) is 3.12. The lowest BCUT2D eigenvalue weighted by molar-refractivity contribution is 0.0263. The van der Waals surface area contributed by atoms with Crippen LogP contribution < -0.4 is 5.32 Å². The molecular formula is C19H32FIN4O. The first-order chi connectivity index (χ1) is 12.0. The van der Waals surface area contributed by atoms with Crippen molar-refractivity contribution in [2.24, 2.45) is 4.99 Å². The number of halogens is 2. The molecule has 0 aromatic heterocycles. The fraction of sp³-hybridized carbons (Fsp3) is 0.632. The Bertz CT molecular complexity index is 562. The Morgan fingerprint density at radius 2 is 2.08 bits per heavy atom. The van der Waals surface area contributed by atoms with Crippen LogP contribution in [0.25, 0.3) is 0 Å². The van der Waals surface area contributed by atoms with E-state index in [0.29, 0.717) is 12.6 Å². The highest BCUT2D eigenvalue weighted by atomic mass is 127. The van der Waals surface area contributed by atoms with Crippen molar-refractivity contribution in [3.05, 3.63) is 35.6 Å². The Morgan fingerprint density at radius 3 is 2.62 bits per heavy atom. The van der Waals surface area contributed by atoms with Crippen molar-refractivity contribution in [1.29, 1.82) is 0 Å². The first kappa shape index (κ1) is 23.1. The SMILES string of the molecule is CCOC1CCN(C(=NC)NCC(c2cccc(F)c2)N(C)C)CC1.I. The maximum Gasteiger partial charge on any atom is 0.193 e. The number of hydrogen-bond donors (Lipinski definition) is 1. The van der Waals surface area contributed by atoms with E-state index in [9.17, 15) is 4.39 Å². The van der Waals surface area contributed by atoms with Crippen LogP contribution in [0.3, 0.4) is 0 Å². The normalized spacial score (nSPS) is 17.2. The molecular weight excluding hydrogens is 446 g/mol. The second kappa shape index (κ2) is 11.7. The predicted molar refractivity (Wildman–Crippen MR) is 116 cm³/mol. The first-order valence-electron chi connectivity index (χ1n) is 9.04. The van der Waals surface area contributed by atoms with Gasteiger partial charge >= 0.3 is 0 Å². The van der Waals surface area contributed by atoms with Gasteiger partial charge in [0.1, 0.15) is 5.82 Å². The van der Waals surface area contributed by atoms with Crippen LogP contribution in [-0.2, 0) is 4.74 Å². The van der Waals surface area contributed by atoms with Crippen molar-refractivity contribution in [2.45, 2.75) is 31.9 Å². The molecule has 0 radical (unpaired) electrons. The maximum absolute atomic E-state index is 13.6. The number of hydrogen-bond acceptors (Lipinski definition) is 3. The zero-order valence-corrected chi connectivity index (χ0v) is 18.6. The van der Waals surface area contributed by atoms with E-state index in [-0.39, 0.29) is 35.8 Å². The summed E-state index contributed by atoms with van der Waals surface area (Å²) in [5, 5.41) is 3.46. The van der Waals surface area contributed by atoms with Gasteiger partial charge in [0.2, 0.25) is 0 Å². The summed E-state index contributed by atoms with van der Waals surface area (Å²) in [5.41, 5.74) is 0.961. The van der Waals surface area contributed by atoms with Gasteiger partial charge in [0, 0.05) is 33.3 Å². The van der Waals surface area contributed by atoms with Gasteiger partial charge in [0.15, 0.2) is 5.96 Å². The number of benzene rings is 1. The minimum Gasteiger partial charge on any atom is -0.378 e. The van der Waals surface area contributed by atoms with Crippen LogP contribution in [0, 0.1) is 5.82 Å². The highest BCUT2D eigenvalue weighted by Gasteiger charge is 2.22. The first-order valence-corrected chi connectivity index (χ1v) is 9.04. The minimum absolute atomic E-state index is 0. The molecule has 1 N–H and O–H groups in total. The molecule has 7 heteroatoms. The van der Waals surface area contributed by atoms with E-state index < -0.39 is 0 Å². The third kappa shape index (κ3) is 6.66. The van der Waals surface area contributed by atoms with E-state index in [2.05, 4.69) is 20.1 Å². The Labute approximate surface area is 174 Å². The number of aliphatic imine (C=N–C) groups is 1. The smallest absolute Gasteiger partial charge is 0.193 e. The molecule has 1 aromatic rings. The summed E-state index contributed by atoms with van der Waals surface area (Å²) >= 11 is 0. The number of rotatable bonds is 6. The molecule has 148 valence electrons. The van der Waals surface area contributed by atoms with Crippen LogP contribution in [-0.4, -0.2) is 69.2 Å². The summed E-state index contributed by atoms with van der Waals surface area (Å²) in [7, 11) is 5.82. The molecule has 2 rings (SSSR count). The Hall–Kier alpha value is -0.930. The van der Waals surface area contributed by atoms with Gasteiger partial charge in [-0.05, 0) is 51.6 Å². The van der Waals surface area contributed by atoms with Crippen molar-refractivity contribution in [3.8, 4) is 0 Å². The van der Waals surface area contributed by atoms with Gasteiger partial charge in [-0.2, -0.15) is 0 Å². The average Bonchev–Trinajstić information content (AvgIpc) is 2.60. The summed E-state index contributed by atoms with van der Waals surface area (Å²) < 4.78 is 19.3. The molecule has 0 saturated carbocycles. The monoisotopic (exact) mass is 478 g/mol. The third-order valence-electron chi connectivity index (χ3n) is 4.67. The van der Waals surface area contributed by atoms with Crippen LogP contribution in [0.1, 0.15) is 31.4 Å². The zero-order chi connectivity index (χ0) is 18.2. The summed E-state index contributed by atoms with van der Waals surface area (Å²) in [6.07, 6.45) is 2.41. The maximum atomic E-state index is 13.6. The number of guanidine groups is 1. The molecule has 1 atom stereocenters. The Balaban J connectivity index is 0.00000338. The minimum atomic E-state index is -0.202. The van der Waals surface area contributed by atoms with Crippen LogP contribution in [0.5, 0.6) is 0 Å². The topological polar surface area (TPSA) is 40.1 Å². The lowest BCUT2D eigenvalue weighted by atomic mass is 10.1. The number of likely N-dealkylation sites (N-methyl/N-ethyl adjacent to an activating group) is 1. The van der Waals surface area contributed by atoms with Crippen molar-refractivity contribution < 1.29 is 9.13 Å². The van der Waals surface area contributed by atoms with E-state index in [0.717, 1.165) is 44.1 Å². The van der Waals surface area contributed by atoms with Crippen molar-refractivity contribution >= 4 is 29.9 Å². The highest BCUT2D eigenvalue weighted by Crippen LogP contribution is 2.19. The quantitative estimate of drug-likeness (QED) is 0.388. The molecule has 1 aliphatic heterocycles. The van der Waals surface area contributed by atoms with E-state index in [1.54, 1.807) is 12.1 Å². The zero-order valence-electron chi connectivity index (χ0n) is 16.2. The van der Waals surface area contributed by atoms with Crippen molar-refractivity contribution in [1.82, 2.24) is 15.1 Å². The molecule has 0 amide bonds. The fourth-order valence-corrected chi connectivity index (χ4v) is 3.30. The molecule has 5 nitrogen and oxygen atoms in total. The molecule has 1 fully saturated rings. The molecule has 26 heavy (non-hydrogen) atoms. The molecule has 0 bridgehead atoms. The average molecular weight is 478 g/mol. The van der Waals surface area contributed by atoms with E-state index in [1.807, 2.05) is 34.1 Å². The number of ether oxygens (including phenoxy) is 1. The lowest BCUT2D eigenvalue weighted by Gasteiger charge is -2.35. The molecule has 1 unspecified atom stereocenters. The van der Waals surface area contributed by atoms with Gasteiger partial charge in [-0.3, -0.25) is 4.99 Å². The van der Waals surface area contributed by atoms with E-state index in [4.69, 9.17) is 4.74 Å². The number of likely N-dealkylation sites (tertiary alicyclic amines) is 1. The molecule has 0 spiro atoms. The second-order valence-corrected chi connectivity index (χ2v) is 6.60. The lowest BCUT2D eigenvalue weighted by Crippen LogP contribution is -2.48. The van der Waals surface area contributed by atoms with Gasteiger partial charge in [0.25, 0.3) is 0 Å². The standard InChI is InChI=1S/C19H31FN4O.HI/c1-5-25-17-9-11-24(12-10-17)19(21-2)22-14-18(23(3)4)15-7-6-8-16(20)13-15;/h6-8,13,17-18H,5,9-12,14H2,1-4H3,(H,21,22);1H. The summed E-state index contributed by atoms with van der Waals surface area (Å²) in [5.74, 6) is 0.699. The summed E-state index contributed by atoms with van der Waals surface area (Å²) in [4.78, 5) is 8.79. The van der Waals surface area contributed by atoms with Crippen molar-refractivity contribution in [3.63, 3.8) is 0 Å². The highest BCUT2D eigenvalue weighted by molar-refractivity contribution is 14.0. The van der Waals surface area contributed by atoms with Crippen LogP contribution in [0.15, 0.2) is 29.3 Å². The van der Waals surface area contributed by atoms with E-state index >= 15 is 0 Å². The van der Waals surface area contributed by atoms with Crippen molar-refractivity contribution in [2.75, 3.05) is 47.4 Å². The molecule has 1 heterocycles. The van der Waals surface area contributed by atoms with Gasteiger partial charge in [-0.25, -0.2) is 4.39 Å². The number of nitrogens with one attached hydrogen (secondary N) is 1. The summed E-state index contributed by atoms with van der Waals surface area (Å²) in [6, 6.07) is 6.88. The Kier molecular flexibility index (Phi) is 10.4. The molecule has 1 saturated heterocycles. The van der Waals surface area contributed by atoms with Gasteiger partial charge in [0.05, 0.1) is 12.1 Å². The number of piperidine rings is 1. The summed E-state index contributed by atoms with van der Waals surface area (Å²) in [6.45, 7) is 5.37. The number of nitrogens with zero attached hydrogens (tertiary/aromatic N) is 3. The fourth-order valence-electron chi connectivity index (χ4n) is 3.30. The van der Waals surface area contributed by atoms with Gasteiger partial charge < -0.3 is 19.9 Å². The van der Waals surface area contributed by atoms with Crippen LogP contribution in [0.4, 0.5) is 4.39 Å². The van der Waals surface area contributed by atoms with Crippen LogP contribution >= 0.6 is 24.0 Å². The largest absolute Gasteiger partial charge is 0.378 e. The van der Waals surface area contributed by atoms with Gasteiger partial charge in [-0.15, -0.1) is 24.0 Å².